The second-order valence-electron chi connectivity index (χ2n) is 3.53. The summed E-state index contributed by atoms with van der Waals surface area (Å²) in [5.74, 6) is 0.620. The summed E-state index contributed by atoms with van der Waals surface area (Å²) in [7, 11) is 0. The summed E-state index contributed by atoms with van der Waals surface area (Å²) in [4.78, 5) is 0. The molecule has 0 radical (unpaired) electrons. The first-order valence-electron chi connectivity index (χ1n) is 4.78. The zero-order chi connectivity index (χ0) is 9.26. The van der Waals surface area contributed by atoms with Crippen LogP contribution in [0, 0.1) is 0 Å². The molecule has 1 heteroatoms. The minimum atomic E-state index is 0.620. The number of rotatable bonds is 2. The van der Waals surface area contributed by atoms with Gasteiger partial charge in [0.2, 0.25) is 0 Å². The second-order valence-corrected chi connectivity index (χ2v) is 3.53. The van der Waals surface area contributed by atoms with Crippen LogP contribution in [-0.2, 0) is 0 Å². The molecule has 0 aliphatic carbocycles. The van der Waals surface area contributed by atoms with Gasteiger partial charge >= 0.3 is 0 Å². The lowest BCUT2D eigenvalue weighted by molar-refractivity contribution is 0.614. The Balaban J connectivity index is 2.48. The number of fused-ring (bicyclic) bond motifs is 1. The molecular formula is C12H14O. The van der Waals surface area contributed by atoms with Crippen molar-refractivity contribution in [3.05, 3.63) is 36.1 Å². The van der Waals surface area contributed by atoms with Crippen LogP contribution < -0.4 is 0 Å². The minimum Gasteiger partial charge on any atom is -0.464 e. The van der Waals surface area contributed by atoms with Crippen LogP contribution in [0.5, 0.6) is 0 Å². The van der Waals surface area contributed by atoms with E-state index < -0.39 is 0 Å². The Morgan fingerprint density at radius 3 is 2.92 bits per heavy atom. The van der Waals surface area contributed by atoms with Gasteiger partial charge in [0.05, 0.1) is 6.26 Å². The maximum absolute atomic E-state index is 5.35. The molecule has 0 aliphatic heterocycles. The van der Waals surface area contributed by atoms with Gasteiger partial charge in [0.25, 0.3) is 0 Å². The van der Waals surface area contributed by atoms with Crippen molar-refractivity contribution in [3.8, 4) is 0 Å². The van der Waals surface area contributed by atoms with Crippen LogP contribution >= 0.6 is 0 Å². The van der Waals surface area contributed by atoms with Crippen molar-refractivity contribution >= 4 is 11.0 Å². The molecule has 2 rings (SSSR count). The van der Waals surface area contributed by atoms with E-state index in [4.69, 9.17) is 4.42 Å². The van der Waals surface area contributed by atoms with E-state index in [1.807, 2.05) is 6.07 Å². The molecule has 68 valence electrons. The van der Waals surface area contributed by atoms with Gasteiger partial charge in [0.1, 0.15) is 5.58 Å². The van der Waals surface area contributed by atoms with E-state index in [1.54, 1.807) is 6.26 Å². The first-order chi connectivity index (χ1) is 6.31. The fourth-order valence-corrected chi connectivity index (χ4v) is 1.51. The second kappa shape index (κ2) is 3.25. The highest BCUT2D eigenvalue weighted by Gasteiger charge is 2.04. The Bertz CT molecular complexity index is 400. The van der Waals surface area contributed by atoms with Crippen molar-refractivity contribution in [2.45, 2.75) is 26.2 Å². The minimum absolute atomic E-state index is 0.620. The molecular weight excluding hydrogens is 160 g/mol. The van der Waals surface area contributed by atoms with E-state index in [0.717, 1.165) is 5.58 Å². The van der Waals surface area contributed by atoms with Crippen LogP contribution in [0.2, 0.25) is 0 Å². The normalized spacial score (nSPS) is 13.4. The molecule has 1 atom stereocenters. The molecule has 13 heavy (non-hydrogen) atoms. The molecule has 0 spiro atoms. The fourth-order valence-electron chi connectivity index (χ4n) is 1.51. The third-order valence-electron chi connectivity index (χ3n) is 2.66. The Labute approximate surface area is 78.4 Å². The maximum Gasteiger partial charge on any atom is 0.134 e. The van der Waals surface area contributed by atoms with Crippen molar-refractivity contribution in [1.29, 1.82) is 0 Å². The molecule has 1 unspecified atom stereocenters. The van der Waals surface area contributed by atoms with Crippen LogP contribution in [0.25, 0.3) is 11.0 Å². The molecule has 0 saturated heterocycles. The smallest absolute Gasteiger partial charge is 0.134 e. The molecule has 1 aromatic carbocycles. The summed E-state index contributed by atoms with van der Waals surface area (Å²) in [5.41, 5.74) is 2.36. The Hall–Kier alpha value is -1.24. The van der Waals surface area contributed by atoms with Crippen LogP contribution in [0.15, 0.2) is 34.9 Å². The van der Waals surface area contributed by atoms with Gasteiger partial charge in [-0.3, -0.25) is 0 Å². The SMILES string of the molecule is CCC(C)c1ccc2ccoc2c1. The number of furan rings is 1. The van der Waals surface area contributed by atoms with Gasteiger partial charge < -0.3 is 4.42 Å². The van der Waals surface area contributed by atoms with Crippen LogP contribution in [0.3, 0.4) is 0 Å². The predicted octanol–water partition coefficient (Wildman–Crippen LogP) is 3.95. The summed E-state index contributed by atoms with van der Waals surface area (Å²) < 4.78 is 5.35. The van der Waals surface area contributed by atoms with Crippen molar-refractivity contribution in [3.63, 3.8) is 0 Å². The fraction of sp³-hybridized carbons (Fsp3) is 0.333. The monoisotopic (exact) mass is 174 g/mol. The average Bonchev–Trinajstić information content (AvgIpc) is 2.63. The lowest BCUT2D eigenvalue weighted by Gasteiger charge is -2.07. The molecule has 0 amide bonds. The topological polar surface area (TPSA) is 13.1 Å². The molecule has 0 N–H and O–H groups in total. The zero-order valence-corrected chi connectivity index (χ0v) is 8.08. The third-order valence-corrected chi connectivity index (χ3v) is 2.66. The average molecular weight is 174 g/mol. The molecule has 0 saturated carbocycles. The summed E-state index contributed by atoms with van der Waals surface area (Å²) in [6.45, 7) is 4.45. The van der Waals surface area contributed by atoms with E-state index in [1.165, 1.54) is 17.4 Å². The molecule has 1 nitrogen and oxygen atoms in total. The van der Waals surface area contributed by atoms with E-state index in [-0.39, 0.29) is 0 Å². The molecule has 0 fully saturated rings. The van der Waals surface area contributed by atoms with Gasteiger partial charge in [-0.25, -0.2) is 0 Å². The standard InChI is InChI=1S/C12H14O/c1-3-9(2)11-5-4-10-6-7-13-12(10)8-11/h4-9H,3H2,1-2H3. The quantitative estimate of drug-likeness (QED) is 0.672. The van der Waals surface area contributed by atoms with E-state index in [9.17, 15) is 0 Å². The van der Waals surface area contributed by atoms with Crippen LogP contribution in [0.4, 0.5) is 0 Å². The lowest BCUT2D eigenvalue weighted by atomic mass is 9.98. The number of hydrogen-bond donors (Lipinski definition) is 0. The maximum atomic E-state index is 5.35. The highest BCUT2D eigenvalue weighted by atomic mass is 16.3. The highest BCUT2D eigenvalue weighted by Crippen LogP contribution is 2.23. The van der Waals surface area contributed by atoms with E-state index in [2.05, 4.69) is 32.0 Å². The van der Waals surface area contributed by atoms with Crippen molar-refractivity contribution in [2.75, 3.05) is 0 Å². The largest absolute Gasteiger partial charge is 0.464 e. The molecule has 1 heterocycles. The van der Waals surface area contributed by atoms with Gasteiger partial charge in [-0.15, -0.1) is 0 Å². The molecule has 0 aliphatic rings. The van der Waals surface area contributed by atoms with Gasteiger partial charge in [-0.2, -0.15) is 0 Å². The summed E-state index contributed by atoms with van der Waals surface area (Å²) in [6.07, 6.45) is 2.91. The van der Waals surface area contributed by atoms with E-state index in [0.29, 0.717) is 5.92 Å². The third kappa shape index (κ3) is 1.46. The highest BCUT2D eigenvalue weighted by molar-refractivity contribution is 5.77. The van der Waals surface area contributed by atoms with Gasteiger partial charge in [0.15, 0.2) is 0 Å². The number of benzene rings is 1. The molecule has 2 aromatic rings. The van der Waals surface area contributed by atoms with Crippen molar-refractivity contribution < 1.29 is 4.42 Å². The summed E-state index contributed by atoms with van der Waals surface area (Å²) in [6, 6.07) is 8.45. The van der Waals surface area contributed by atoms with Gasteiger partial charge in [0, 0.05) is 5.39 Å². The van der Waals surface area contributed by atoms with Crippen molar-refractivity contribution in [2.24, 2.45) is 0 Å². The van der Waals surface area contributed by atoms with Crippen LogP contribution in [0.1, 0.15) is 31.7 Å². The first kappa shape index (κ1) is 8.36. The summed E-state index contributed by atoms with van der Waals surface area (Å²) >= 11 is 0. The number of hydrogen-bond acceptors (Lipinski definition) is 1. The zero-order valence-electron chi connectivity index (χ0n) is 8.08. The first-order valence-corrected chi connectivity index (χ1v) is 4.78. The van der Waals surface area contributed by atoms with Gasteiger partial charge in [-0.05, 0) is 30.0 Å². The Kier molecular flexibility index (Phi) is 2.09. The van der Waals surface area contributed by atoms with Crippen molar-refractivity contribution in [1.82, 2.24) is 0 Å². The summed E-state index contributed by atoms with van der Waals surface area (Å²) in [5, 5.41) is 1.19. The van der Waals surface area contributed by atoms with Gasteiger partial charge in [-0.1, -0.05) is 26.0 Å². The van der Waals surface area contributed by atoms with E-state index >= 15 is 0 Å². The lowest BCUT2D eigenvalue weighted by Crippen LogP contribution is -1.89. The Morgan fingerprint density at radius 1 is 1.31 bits per heavy atom. The van der Waals surface area contributed by atoms with Crippen LogP contribution in [-0.4, -0.2) is 0 Å². The molecule has 0 bridgehead atoms. The molecule has 1 aromatic heterocycles. The Morgan fingerprint density at radius 2 is 2.15 bits per heavy atom. The predicted molar refractivity (Wildman–Crippen MR) is 54.9 cm³/mol.